The van der Waals surface area contributed by atoms with Crippen LogP contribution < -0.4 is 19.6 Å². The van der Waals surface area contributed by atoms with Crippen LogP contribution in [0.2, 0.25) is 0 Å². The molecule has 37 heavy (non-hydrogen) atoms. The van der Waals surface area contributed by atoms with Gasteiger partial charge in [-0.15, -0.1) is 0 Å². The lowest BCUT2D eigenvalue weighted by Gasteiger charge is -2.27. The van der Waals surface area contributed by atoms with Gasteiger partial charge in [-0.2, -0.15) is 0 Å². The number of aromatic amines is 1. The standard InChI is InChI=1S/C30H25N3O3S/c1-16-22(21-11-7-8-12-23(21)31-16)15-25-29(35)33-28(26(18(3)34)17(2)32-30(33)37-25)27-20-10-6-5-9-19(20)13-14-24(27)36-4/h5-15,28,31H,1-4H3/b25-15-/t28-/m0/s1. The minimum atomic E-state index is -0.652. The Morgan fingerprint density at radius 2 is 1.78 bits per heavy atom. The Kier molecular flexibility index (Phi) is 5.46. The second-order valence-corrected chi connectivity index (χ2v) is 10.3. The van der Waals surface area contributed by atoms with E-state index in [-0.39, 0.29) is 11.3 Å². The SMILES string of the molecule is COc1ccc2ccccc2c1[C@@H]1C(C(C)=O)=C(C)N=c2s/c(=C\c3c(C)[nH]c4ccccc34)c(=O)n21. The Balaban J connectivity index is 1.69. The van der Waals surface area contributed by atoms with Crippen molar-refractivity contribution in [3.05, 3.63) is 108 Å². The van der Waals surface area contributed by atoms with Crippen LogP contribution in [0.1, 0.15) is 36.7 Å². The molecule has 2 aromatic heterocycles. The van der Waals surface area contributed by atoms with Gasteiger partial charge in [0.25, 0.3) is 5.56 Å². The number of nitrogens with zero attached hydrogens (tertiary/aromatic N) is 2. The van der Waals surface area contributed by atoms with Gasteiger partial charge in [-0.1, -0.05) is 59.9 Å². The predicted molar refractivity (Wildman–Crippen MR) is 148 cm³/mol. The highest BCUT2D eigenvalue weighted by molar-refractivity contribution is 7.07. The molecule has 6 nitrogen and oxygen atoms in total. The quantitative estimate of drug-likeness (QED) is 0.381. The molecule has 1 atom stereocenters. The summed E-state index contributed by atoms with van der Waals surface area (Å²) >= 11 is 1.34. The van der Waals surface area contributed by atoms with Crippen molar-refractivity contribution in [2.75, 3.05) is 7.11 Å². The van der Waals surface area contributed by atoms with Gasteiger partial charge in [0.2, 0.25) is 0 Å². The molecule has 0 fully saturated rings. The minimum Gasteiger partial charge on any atom is -0.496 e. The first-order chi connectivity index (χ1) is 17.9. The molecule has 6 rings (SSSR count). The second-order valence-electron chi connectivity index (χ2n) is 9.25. The number of thiazole rings is 1. The molecule has 0 aliphatic carbocycles. The van der Waals surface area contributed by atoms with Crippen molar-refractivity contribution in [2.45, 2.75) is 26.8 Å². The fourth-order valence-electron chi connectivity index (χ4n) is 5.39. The summed E-state index contributed by atoms with van der Waals surface area (Å²) in [6, 6.07) is 19.2. The summed E-state index contributed by atoms with van der Waals surface area (Å²) in [4.78, 5) is 35.8. The molecule has 0 amide bonds. The number of carbonyl (C=O) groups excluding carboxylic acids is 1. The molecule has 5 aromatic rings. The van der Waals surface area contributed by atoms with Crippen molar-refractivity contribution in [1.29, 1.82) is 0 Å². The summed E-state index contributed by atoms with van der Waals surface area (Å²) in [6.07, 6.45) is 1.93. The van der Waals surface area contributed by atoms with E-state index in [4.69, 9.17) is 9.73 Å². The van der Waals surface area contributed by atoms with E-state index < -0.39 is 6.04 Å². The molecule has 7 heteroatoms. The van der Waals surface area contributed by atoms with Gasteiger partial charge in [-0.05, 0) is 49.8 Å². The third kappa shape index (κ3) is 3.57. The van der Waals surface area contributed by atoms with Gasteiger partial charge >= 0.3 is 0 Å². The maximum absolute atomic E-state index is 14.1. The van der Waals surface area contributed by atoms with Crippen LogP contribution in [-0.2, 0) is 4.79 Å². The molecule has 0 spiro atoms. The second kappa shape index (κ2) is 8.71. The van der Waals surface area contributed by atoms with Gasteiger partial charge in [0.05, 0.1) is 17.7 Å². The lowest BCUT2D eigenvalue weighted by molar-refractivity contribution is -0.114. The van der Waals surface area contributed by atoms with Crippen molar-refractivity contribution >= 4 is 44.9 Å². The average Bonchev–Trinajstić information content (AvgIpc) is 3.37. The fraction of sp³-hybridized carbons (Fsp3) is 0.167. The lowest BCUT2D eigenvalue weighted by Crippen LogP contribution is -2.39. The Morgan fingerprint density at radius 1 is 1.05 bits per heavy atom. The summed E-state index contributed by atoms with van der Waals surface area (Å²) < 4.78 is 8.02. The first-order valence-corrected chi connectivity index (χ1v) is 12.9. The molecule has 1 aliphatic heterocycles. The van der Waals surface area contributed by atoms with Crippen LogP contribution in [0.4, 0.5) is 0 Å². The summed E-state index contributed by atoms with van der Waals surface area (Å²) in [5.74, 6) is 0.502. The zero-order chi connectivity index (χ0) is 25.8. The number of hydrogen-bond donors (Lipinski definition) is 1. The van der Waals surface area contributed by atoms with E-state index in [1.807, 2.05) is 80.6 Å². The average molecular weight is 508 g/mol. The number of allylic oxidation sites excluding steroid dienone is 2. The molecule has 0 radical (unpaired) electrons. The van der Waals surface area contributed by atoms with Gasteiger partial charge in [-0.25, -0.2) is 4.99 Å². The Hall–Kier alpha value is -4.23. The third-order valence-corrected chi connectivity index (χ3v) is 8.03. The van der Waals surface area contributed by atoms with Gasteiger partial charge in [-0.3, -0.25) is 14.2 Å². The number of ketones is 1. The number of Topliss-reactive ketones (excluding diaryl/α,β-unsaturated/α-hetero) is 1. The molecule has 1 aliphatic rings. The van der Waals surface area contributed by atoms with Crippen molar-refractivity contribution in [3.8, 4) is 5.75 Å². The highest BCUT2D eigenvalue weighted by atomic mass is 32.1. The number of ether oxygens (including phenoxy) is 1. The number of nitrogens with one attached hydrogen (secondary N) is 1. The molecule has 0 saturated carbocycles. The Morgan fingerprint density at radius 3 is 2.54 bits per heavy atom. The zero-order valence-electron chi connectivity index (χ0n) is 21.0. The zero-order valence-corrected chi connectivity index (χ0v) is 21.8. The molecule has 1 N–H and O–H groups in total. The lowest BCUT2D eigenvalue weighted by atomic mass is 9.89. The molecule has 0 saturated heterocycles. The predicted octanol–water partition coefficient (Wildman–Crippen LogP) is 4.78. The van der Waals surface area contributed by atoms with Crippen LogP contribution in [0, 0.1) is 6.92 Å². The van der Waals surface area contributed by atoms with Crippen molar-refractivity contribution < 1.29 is 9.53 Å². The van der Waals surface area contributed by atoms with E-state index in [9.17, 15) is 9.59 Å². The minimum absolute atomic E-state index is 0.122. The number of hydrogen-bond acceptors (Lipinski definition) is 5. The van der Waals surface area contributed by atoms with Crippen molar-refractivity contribution in [2.24, 2.45) is 4.99 Å². The number of para-hydroxylation sites is 1. The Labute approximate surface area is 216 Å². The topological polar surface area (TPSA) is 76.4 Å². The first kappa shape index (κ1) is 23.2. The van der Waals surface area contributed by atoms with Crippen LogP contribution in [0.3, 0.4) is 0 Å². The van der Waals surface area contributed by atoms with Crippen LogP contribution in [0.25, 0.3) is 27.8 Å². The number of methoxy groups -OCH3 is 1. The molecule has 0 bridgehead atoms. The van der Waals surface area contributed by atoms with Crippen molar-refractivity contribution in [3.63, 3.8) is 0 Å². The van der Waals surface area contributed by atoms with E-state index in [1.54, 1.807) is 11.7 Å². The van der Waals surface area contributed by atoms with Gasteiger partial charge in [0.15, 0.2) is 10.6 Å². The Bertz CT molecular complexity index is 1960. The maximum atomic E-state index is 14.1. The summed E-state index contributed by atoms with van der Waals surface area (Å²) in [5.41, 5.74) is 4.70. The fourth-order valence-corrected chi connectivity index (χ4v) is 6.42. The number of carbonyl (C=O) groups is 1. The van der Waals surface area contributed by atoms with Gasteiger partial charge < -0.3 is 9.72 Å². The van der Waals surface area contributed by atoms with Crippen LogP contribution in [0.15, 0.2) is 81.7 Å². The molecule has 184 valence electrons. The van der Waals surface area contributed by atoms with Crippen molar-refractivity contribution in [1.82, 2.24) is 9.55 Å². The van der Waals surface area contributed by atoms with Gasteiger partial charge in [0.1, 0.15) is 5.75 Å². The number of H-pyrrole nitrogens is 1. The number of rotatable bonds is 4. The first-order valence-electron chi connectivity index (χ1n) is 12.1. The third-order valence-electron chi connectivity index (χ3n) is 7.04. The number of fused-ring (bicyclic) bond motifs is 3. The number of aromatic nitrogens is 2. The normalized spacial score (nSPS) is 15.8. The monoisotopic (exact) mass is 507 g/mol. The van der Waals surface area contributed by atoms with E-state index in [0.717, 1.165) is 38.5 Å². The molecule has 3 aromatic carbocycles. The summed E-state index contributed by atoms with van der Waals surface area (Å²) in [7, 11) is 1.61. The highest BCUT2D eigenvalue weighted by Crippen LogP contribution is 2.40. The summed E-state index contributed by atoms with van der Waals surface area (Å²) in [6.45, 7) is 5.37. The van der Waals surface area contributed by atoms with E-state index in [2.05, 4.69) is 4.98 Å². The number of benzene rings is 3. The van der Waals surface area contributed by atoms with E-state index in [0.29, 0.717) is 26.4 Å². The van der Waals surface area contributed by atoms with Crippen LogP contribution >= 0.6 is 11.3 Å². The largest absolute Gasteiger partial charge is 0.496 e. The van der Waals surface area contributed by atoms with Gasteiger partial charge in [0, 0.05) is 39.0 Å². The highest BCUT2D eigenvalue weighted by Gasteiger charge is 2.33. The van der Waals surface area contributed by atoms with Crippen LogP contribution in [0.5, 0.6) is 5.75 Å². The molecule has 3 heterocycles. The smallest absolute Gasteiger partial charge is 0.271 e. The molecule has 0 unspecified atom stereocenters. The summed E-state index contributed by atoms with van der Waals surface area (Å²) in [5, 5.41) is 2.99. The molecular weight excluding hydrogens is 482 g/mol. The molecular formula is C30H25N3O3S. The maximum Gasteiger partial charge on any atom is 0.271 e. The van der Waals surface area contributed by atoms with Crippen LogP contribution in [-0.4, -0.2) is 22.4 Å². The van der Waals surface area contributed by atoms with E-state index in [1.165, 1.54) is 18.3 Å². The van der Waals surface area contributed by atoms with E-state index >= 15 is 0 Å². The number of aryl methyl sites for hydroxylation is 1.